The zero-order chi connectivity index (χ0) is 14.1. The normalized spacial score (nSPS) is 22.8. The van der Waals surface area contributed by atoms with Crippen molar-refractivity contribution < 1.29 is 14.3 Å². The molecule has 1 fully saturated rings. The number of rotatable bonds is 7. The summed E-state index contributed by atoms with van der Waals surface area (Å²) < 4.78 is 4.84. The van der Waals surface area contributed by atoms with E-state index in [1.807, 2.05) is 0 Å². The topological polar surface area (TPSA) is 67.4 Å². The highest BCUT2D eigenvalue weighted by Crippen LogP contribution is 2.30. The first-order valence-electron chi connectivity index (χ1n) is 7.29. The van der Waals surface area contributed by atoms with E-state index in [0.717, 1.165) is 32.4 Å². The number of esters is 1. The van der Waals surface area contributed by atoms with Crippen LogP contribution in [-0.2, 0) is 14.3 Å². The maximum atomic E-state index is 12.3. The maximum Gasteiger partial charge on any atom is 0.305 e. The van der Waals surface area contributed by atoms with Gasteiger partial charge in [0.05, 0.1) is 12.0 Å². The molecule has 1 amide bonds. The average Bonchev–Trinajstić information content (AvgIpc) is 2.44. The predicted molar refractivity (Wildman–Crippen MR) is 73.7 cm³/mol. The molecule has 1 aliphatic rings. The Morgan fingerprint density at radius 2 is 2.16 bits per heavy atom. The third-order valence-electron chi connectivity index (χ3n) is 3.78. The zero-order valence-electron chi connectivity index (χ0n) is 12.1. The molecule has 1 atom stereocenters. The van der Waals surface area contributed by atoms with E-state index in [9.17, 15) is 9.59 Å². The Morgan fingerprint density at radius 1 is 1.37 bits per heavy atom. The number of carbonyl (C=O) groups excluding carboxylic acids is 2. The second-order valence-corrected chi connectivity index (χ2v) is 5.08. The Hall–Kier alpha value is -1.10. The fraction of sp³-hybridized carbons (Fsp3) is 0.857. The third-order valence-corrected chi connectivity index (χ3v) is 3.78. The van der Waals surface area contributed by atoms with Gasteiger partial charge in [0.15, 0.2) is 0 Å². The van der Waals surface area contributed by atoms with Gasteiger partial charge in [0, 0.05) is 19.5 Å². The van der Waals surface area contributed by atoms with Gasteiger partial charge >= 0.3 is 5.97 Å². The lowest BCUT2D eigenvalue weighted by Gasteiger charge is -2.35. The summed E-state index contributed by atoms with van der Waals surface area (Å²) in [6.45, 7) is 6.56. The lowest BCUT2D eigenvalue weighted by atomic mass is 9.77. The lowest BCUT2D eigenvalue weighted by molar-refractivity contribution is -0.143. The molecule has 5 nitrogen and oxygen atoms in total. The molecule has 0 aliphatic carbocycles. The highest BCUT2D eigenvalue weighted by atomic mass is 16.5. The van der Waals surface area contributed by atoms with Gasteiger partial charge in [-0.25, -0.2) is 0 Å². The van der Waals surface area contributed by atoms with Crippen LogP contribution in [0.15, 0.2) is 0 Å². The number of nitrogens with one attached hydrogen (secondary N) is 2. The van der Waals surface area contributed by atoms with Crippen LogP contribution in [0.25, 0.3) is 0 Å². The van der Waals surface area contributed by atoms with Gasteiger partial charge in [-0.15, -0.1) is 0 Å². The van der Waals surface area contributed by atoms with Gasteiger partial charge in [0.1, 0.15) is 0 Å². The number of hydrogen-bond acceptors (Lipinski definition) is 4. The summed E-state index contributed by atoms with van der Waals surface area (Å²) in [5.41, 5.74) is -0.262. The molecule has 0 radical (unpaired) electrons. The molecule has 0 aromatic rings. The summed E-state index contributed by atoms with van der Waals surface area (Å²) in [6, 6.07) is 0. The summed E-state index contributed by atoms with van der Waals surface area (Å²) in [7, 11) is 0. The quantitative estimate of drug-likeness (QED) is 0.539. The van der Waals surface area contributed by atoms with Crippen molar-refractivity contribution >= 4 is 11.9 Å². The molecule has 1 unspecified atom stereocenters. The monoisotopic (exact) mass is 270 g/mol. The Bertz CT molecular complexity index is 299. The van der Waals surface area contributed by atoms with E-state index < -0.39 is 0 Å². The molecule has 0 aromatic carbocycles. The molecular weight excluding hydrogens is 244 g/mol. The van der Waals surface area contributed by atoms with Crippen LogP contribution in [0.5, 0.6) is 0 Å². The molecule has 0 saturated carbocycles. The minimum absolute atomic E-state index is 0.117. The summed E-state index contributed by atoms with van der Waals surface area (Å²) in [5.74, 6) is -0.0765. The van der Waals surface area contributed by atoms with Crippen LogP contribution in [0.4, 0.5) is 0 Å². The minimum Gasteiger partial charge on any atom is -0.466 e. The number of carbonyl (C=O) groups is 2. The second-order valence-electron chi connectivity index (χ2n) is 5.08. The molecule has 1 saturated heterocycles. The van der Waals surface area contributed by atoms with E-state index in [0.29, 0.717) is 26.0 Å². The third kappa shape index (κ3) is 4.82. The second kappa shape index (κ2) is 8.15. The smallest absolute Gasteiger partial charge is 0.305 e. The molecule has 5 heteroatoms. The van der Waals surface area contributed by atoms with E-state index in [1.165, 1.54) is 0 Å². The van der Waals surface area contributed by atoms with Crippen molar-refractivity contribution in [3.8, 4) is 0 Å². The predicted octanol–water partition coefficient (Wildman–Crippen LogP) is 1.23. The number of hydrogen-bond donors (Lipinski definition) is 2. The van der Waals surface area contributed by atoms with Crippen LogP contribution < -0.4 is 10.6 Å². The molecule has 0 bridgehead atoms. The van der Waals surface area contributed by atoms with Crippen LogP contribution in [0.1, 0.15) is 46.0 Å². The number of piperidine rings is 1. The van der Waals surface area contributed by atoms with E-state index >= 15 is 0 Å². The Morgan fingerprint density at radius 3 is 2.74 bits per heavy atom. The first-order valence-corrected chi connectivity index (χ1v) is 7.29. The molecule has 110 valence electrons. The van der Waals surface area contributed by atoms with E-state index in [2.05, 4.69) is 17.6 Å². The van der Waals surface area contributed by atoms with Crippen molar-refractivity contribution in [1.82, 2.24) is 10.6 Å². The van der Waals surface area contributed by atoms with Crippen molar-refractivity contribution in [1.29, 1.82) is 0 Å². The highest BCUT2D eigenvalue weighted by Gasteiger charge is 2.37. The zero-order valence-corrected chi connectivity index (χ0v) is 12.1. The summed E-state index contributed by atoms with van der Waals surface area (Å²) in [6.07, 6.45) is 3.84. The molecule has 0 aromatic heterocycles. The number of ether oxygens (including phenoxy) is 1. The number of amides is 1. The Balaban J connectivity index is 2.27. The van der Waals surface area contributed by atoms with E-state index in [4.69, 9.17) is 4.74 Å². The SMILES string of the molecule is CCOC(=O)CCCNC(=O)C1(CC)CCCNC1. The van der Waals surface area contributed by atoms with E-state index in [1.54, 1.807) is 6.92 Å². The molecule has 0 spiro atoms. The molecule has 2 N–H and O–H groups in total. The van der Waals surface area contributed by atoms with Gasteiger partial charge in [-0.2, -0.15) is 0 Å². The standard InChI is InChI=1S/C14H26N2O3/c1-3-14(8-6-9-15-11-14)13(18)16-10-5-7-12(17)19-4-2/h15H,3-11H2,1-2H3,(H,16,18). The minimum atomic E-state index is -0.262. The summed E-state index contributed by atoms with van der Waals surface area (Å²) in [4.78, 5) is 23.4. The Kier molecular flexibility index (Phi) is 6.84. The van der Waals surface area contributed by atoms with Gasteiger partial charge in [-0.05, 0) is 39.2 Å². The largest absolute Gasteiger partial charge is 0.466 e. The van der Waals surface area contributed by atoms with Crippen molar-refractivity contribution in [3.63, 3.8) is 0 Å². The van der Waals surface area contributed by atoms with Crippen molar-refractivity contribution in [2.45, 2.75) is 46.0 Å². The highest BCUT2D eigenvalue weighted by molar-refractivity contribution is 5.83. The van der Waals surface area contributed by atoms with Crippen LogP contribution in [-0.4, -0.2) is 38.1 Å². The summed E-state index contributed by atoms with van der Waals surface area (Å²) >= 11 is 0. The van der Waals surface area contributed by atoms with Crippen LogP contribution in [0.2, 0.25) is 0 Å². The van der Waals surface area contributed by atoms with E-state index in [-0.39, 0.29) is 17.3 Å². The Labute approximate surface area is 115 Å². The van der Waals surface area contributed by atoms with Gasteiger partial charge in [-0.1, -0.05) is 6.92 Å². The maximum absolute atomic E-state index is 12.3. The lowest BCUT2D eigenvalue weighted by Crippen LogP contribution is -2.50. The van der Waals surface area contributed by atoms with Crippen molar-refractivity contribution in [3.05, 3.63) is 0 Å². The van der Waals surface area contributed by atoms with Crippen LogP contribution in [0, 0.1) is 5.41 Å². The molecule has 1 rings (SSSR count). The first kappa shape index (κ1) is 16.0. The van der Waals surface area contributed by atoms with Crippen molar-refractivity contribution in [2.24, 2.45) is 5.41 Å². The molecule has 19 heavy (non-hydrogen) atoms. The summed E-state index contributed by atoms with van der Waals surface area (Å²) in [5, 5.41) is 6.25. The fourth-order valence-corrected chi connectivity index (χ4v) is 2.48. The first-order chi connectivity index (χ1) is 9.14. The molecular formula is C14H26N2O3. The van der Waals surface area contributed by atoms with Gasteiger partial charge in [-0.3, -0.25) is 9.59 Å². The van der Waals surface area contributed by atoms with Crippen molar-refractivity contribution in [2.75, 3.05) is 26.2 Å². The van der Waals surface area contributed by atoms with Gasteiger partial charge in [0.2, 0.25) is 5.91 Å². The van der Waals surface area contributed by atoms with Gasteiger partial charge < -0.3 is 15.4 Å². The fourth-order valence-electron chi connectivity index (χ4n) is 2.48. The van der Waals surface area contributed by atoms with Crippen LogP contribution in [0.3, 0.4) is 0 Å². The molecule has 1 aliphatic heterocycles. The van der Waals surface area contributed by atoms with Gasteiger partial charge in [0.25, 0.3) is 0 Å². The molecule has 1 heterocycles. The average molecular weight is 270 g/mol. The van der Waals surface area contributed by atoms with Crippen LogP contribution >= 0.6 is 0 Å².